The van der Waals surface area contributed by atoms with Gasteiger partial charge in [0, 0.05) is 47.1 Å². The molecule has 0 saturated carbocycles. The molecule has 218 valence electrons. The third-order valence-electron chi connectivity index (χ3n) is 8.44. The summed E-state index contributed by atoms with van der Waals surface area (Å²) in [5.74, 6) is 1.85. The standard InChI is InChI=1S/C30H33ClN4O2S.C2H6O/c1-19-14-24(29-28(32-19)21(17-36)18-38-29)23-15-22(31)4-5-27(23)37-13-12-35-20(2)33-25-6-7-30(16-26(25)35)8-10-34(3)11-9-30;1-3-2/h4-5,14-15,17-18H,6-13,16H2,1-3H3;1-2H3. The summed E-state index contributed by atoms with van der Waals surface area (Å²) in [6.45, 7) is 7.72. The van der Waals surface area contributed by atoms with E-state index in [1.165, 1.54) is 55.1 Å². The van der Waals surface area contributed by atoms with Gasteiger partial charge in [-0.15, -0.1) is 11.3 Å². The molecule has 1 fully saturated rings. The van der Waals surface area contributed by atoms with Crippen molar-refractivity contribution in [3.8, 4) is 16.9 Å². The number of likely N-dealkylation sites (tertiary alicyclic amines) is 1. The van der Waals surface area contributed by atoms with Gasteiger partial charge in [-0.05, 0) is 95.8 Å². The molecule has 0 atom stereocenters. The van der Waals surface area contributed by atoms with Gasteiger partial charge in [0.15, 0.2) is 6.29 Å². The number of piperidine rings is 1. The monoisotopic (exact) mass is 594 g/mol. The number of thiophene rings is 1. The second-order valence-electron chi connectivity index (χ2n) is 11.4. The molecule has 41 heavy (non-hydrogen) atoms. The zero-order valence-corrected chi connectivity index (χ0v) is 26.2. The summed E-state index contributed by atoms with van der Waals surface area (Å²) in [6, 6.07) is 7.80. The fourth-order valence-corrected chi connectivity index (χ4v) is 7.39. The van der Waals surface area contributed by atoms with Gasteiger partial charge in [0.1, 0.15) is 18.2 Å². The highest BCUT2D eigenvalue weighted by Gasteiger charge is 2.39. The number of rotatable bonds is 6. The number of aldehydes is 1. The van der Waals surface area contributed by atoms with Crippen LogP contribution in [0.4, 0.5) is 0 Å². The van der Waals surface area contributed by atoms with E-state index in [9.17, 15) is 4.79 Å². The minimum atomic E-state index is 0.416. The van der Waals surface area contributed by atoms with Crippen LogP contribution in [0.5, 0.6) is 5.75 Å². The van der Waals surface area contributed by atoms with Crippen LogP contribution in [0.25, 0.3) is 21.3 Å². The number of fused-ring (bicyclic) bond motifs is 2. The molecule has 4 heterocycles. The molecule has 4 aromatic rings. The summed E-state index contributed by atoms with van der Waals surface area (Å²) in [5, 5.41) is 2.51. The number of imidazole rings is 1. The molecule has 9 heteroatoms. The lowest BCUT2D eigenvalue weighted by atomic mass is 9.68. The number of halogens is 1. The molecule has 1 saturated heterocycles. The number of hydrogen-bond donors (Lipinski definition) is 0. The maximum absolute atomic E-state index is 11.6. The molecule has 1 aromatic carbocycles. The summed E-state index contributed by atoms with van der Waals surface area (Å²) in [7, 11) is 5.48. The summed E-state index contributed by atoms with van der Waals surface area (Å²) >= 11 is 7.97. The fraction of sp³-hybridized carbons (Fsp3) is 0.469. The molecular formula is C32H39ClN4O3S. The smallest absolute Gasteiger partial charge is 0.153 e. The van der Waals surface area contributed by atoms with Crippen LogP contribution in [0.15, 0.2) is 29.6 Å². The Morgan fingerprint density at radius 1 is 1.10 bits per heavy atom. The molecule has 0 unspecified atom stereocenters. The molecule has 7 nitrogen and oxygen atoms in total. The largest absolute Gasteiger partial charge is 0.491 e. The number of ether oxygens (including phenoxy) is 2. The zero-order chi connectivity index (χ0) is 29.1. The van der Waals surface area contributed by atoms with E-state index in [1.54, 1.807) is 14.2 Å². The van der Waals surface area contributed by atoms with Crippen LogP contribution in [0.3, 0.4) is 0 Å². The maximum atomic E-state index is 11.6. The summed E-state index contributed by atoms with van der Waals surface area (Å²) < 4.78 is 14.0. The highest BCUT2D eigenvalue weighted by molar-refractivity contribution is 7.18. The number of hydrogen-bond acceptors (Lipinski definition) is 7. The molecular weight excluding hydrogens is 556 g/mol. The van der Waals surface area contributed by atoms with Gasteiger partial charge in [-0.25, -0.2) is 4.98 Å². The van der Waals surface area contributed by atoms with Crippen molar-refractivity contribution in [1.82, 2.24) is 19.4 Å². The van der Waals surface area contributed by atoms with Crippen molar-refractivity contribution in [2.24, 2.45) is 5.41 Å². The minimum absolute atomic E-state index is 0.416. The number of aryl methyl sites for hydroxylation is 3. The van der Waals surface area contributed by atoms with Crippen LogP contribution in [-0.4, -0.2) is 66.7 Å². The van der Waals surface area contributed by atoms with E-state index < -0.39 is 0 Å². The van der Waals surface area contributed by atoms with Crippen LogP contribution >= 0.6 is 22.9 Å². The number of pyridine rings is 1. The number of nitrogens with zero attached hydrogens (tertiary/aromatic N) is 4. The third-order valence-corrected chi connectivity index (χ3v) is 9.69. The Hall–Kier alpha value is -2.78. The van der Waals surface area contributed by atoms with Crippen molar-refractivity contribution in [3.63, 3.8) is 0 Å². The Bertz CT molecular complexity index is 1540. The predicted octanol–water partition coefficient (Wildman–Crippen LogP) is 6.78. The van der Waals surface area contributed by atoms with Crippen molar-refractivity contribution in [3.05, 3.63) is 63.1 Å². The lowest BCUT2D eigenvalue weighted by Gasteiger charge is -2.43. The third kappa shape index (κ3) is 6.21. The Kier molecular flexibility index (Phi) is 9.14. The highest BCUT2D eigenvalue weighted by Crippen LogP contribution is 2.44. The first-order valence-corrected chi connectivity index (χ1v) is 15.4. The van der Waals surface area contributed by atoms with E-state index in [0.717, 1.165) is 64.3 Å². The number of carbonyl (C=O) groups is 1. The van der Waals surface area contributed by atoms with Crippen molar-refractivity contribution in [2.75, 3.05) is 41.0 Å². The maximum Gasteiger partial charge on any atom is 0.153 e. The number of aromatic nitrogens is 3. The molecule has 3 aromatic heterocycles. The second kappa shape index (κ2) is 12.6. The van der Waals surface area contributed by atoms with E-state index in [4.69, 9.17) is 21.3 Å². The van der Waals surface area contributed by atoms with Crippen molar-refractivity contribution in [2.45, 2.75) is 52.5 Å². The quantitative estimate of drug-likeness (QED) is 0.229. The van der Waals surface area contributed by atoms with Crippen LogP contribution in [0.1, 0.15) is 52.5 Å². The topological polar surface area (TPSA) is 69.5 Å². The average Bonchev–Trinajstić information content (AvgIpc) is 3.51. The van der Waals surface area contributed by atoms with Gasteiger partial charge < -0.3 is 18.9 Å². The van der Waals surface area contributed by atoms with Gasteiger partial charge in [-0.3, -0.25) is 9.78 Å². The molecule has 0 amide bonds. The van der Waals surface area contributed by atoms with E-state index in [1.807, 2.05) is 36.6 Å². The van der Waals surface area contributed by atoms with Gasteiger partial charge in [-0.2, -0.15) is 0 Å². The molecule has 0 bridgehead atoms. The first kappa shape index (κ1) is 29.7. The molecule has 1 aliphatic heterocycles. The summed E-state index contributed by atoms with van der Waals surface area (Å²) in [4.78, 5) is 23.6. The van der Waals surface area contributed by atoms with Crippen molar-refractivity contribution >= 4 is 39.4 Å². The first-order valence-electron chi connectivity index (χ1n) is 14.2. The Labute approximate surface area is 251 Å². The average molecular weight is 595 g/mol. The Balaban J connectivity index is 0.00000108. The van der Waals surface area contributed by atoms with Crippen molar-refractivity contribution < 1.29 is 14.3 Å². The van der Waals surface area contributed by atoms with Gasteiger partial charge in [0.05, 0.1) is 28.0 Å². The van der Waals surface area contributed by atoms with E-state index in [-0.39, 0.29) is 0 Å². The number of methoxy groups -OCH3 is 1. The van der Waals surface area contributed by atoms with Gasteiger partial charge in [0.25, 0.3) is 0 Å². The predicted molar refractivity (Wildman–Crippen MR) is 167 cm³/mol. The van der Waals surface area contributed by atoms with Crippen LogP contribution in [-0.2, 0) is 24.1 Å². The molecule has 0 radical (unpaired) electrons. The lowest BCUT2D eigenvalue weighted by molar-refractivity contribution is 0.103. The van der Waals surface area contributed by atoms with Gasteiger partial charge >= 0.3 is 0 Å². The van der Waals surface area contributed by atoms with E-state index in [2.05, 4.69) is 33.2 Å². The van der Waals surface area contributed by atoms with Crippen molar-refractivity contribution in [1.29, 1.82) is 0 Å². The molecule has 1 aliphatic carbocycles. The lowest BCUT2D eigenvalue weighted by Crippen LogP contribution is -2.41. The molecule has 2 aliphatic rings. The molecule has 0 N–H and O–H groups in total. The second-order valence-corrected chi connectivity index (χ2v) is 12.7. The normalized spacial score (nSPS) is 16.3. The minimum Gasteiger partial charge on any atom is -0.491 e. The van der Waals surface area contributed by atoms with Gasteiger partial charge in [0.2, 0.25) is 0 Å². The SMILES string of the molecule is COC.Cc1cc(-c2cc(Cl)ccc2OCCn2c(C)nc3c2CC2(CC3)CCN(C)CC2)c2scc(C=O)c2n1. The fourth-order valence-electron chi connectivity index (χ4n) is 6.24. The zero-order valence-electron chi connectivity index (χ0n) is 24.6. The highest BCUT2D eigenvalue weighted by atomic mass is 35.5. The molecule has 1 spiro atoms. The van der Waals surface area contributed by atoms with Crippen LogP contribution in [0.2, 0.25) is 5.02 Å². The van der Waals surface area contributed by atoms with Crippen LogP contribution < -0.4 is 4.74 Å². The Morgan fingerprint density at radius 2 is 1.85 bits per heavy atom. The first-order chi connectivity index (χ1) is 19.8. The van der Waals surface area contributed by atoms with Crippen LogP contribution in [0, 0.1) is 19.3 Å². The van der Waals surface area contributed by atoms with E-state index >= 15 is 0 Å². The Morgan fingerprint density at radius 3 is 2.59 bits per heavy atom. The molecule has 6 rings (SSSR count). The van der Waals surface area contributed by atoms with Gasteiger partial charge in [-0.1, -0.05) is 11.6 Å². The summed E-state index contributed by atoms with van der Waals surface area (Å²) in [5.41, 5.74) is 7.20. The number of benzene rings is 1. The number of carbonyl (C=O) groups excluding carboxylic acids is 1. The van der Waals surface area contributed by atoms with E-state index in [0.29, 0.717) is 22.6 Å². The summed E-state index contributed by atoms with van der Waals surface area (Å²) in [6.07, 6.45) is 6.86.